The minimum Gasteiger partial charge on any atom is -0.493 e. The average molecular weight is 433 g/mol. The summed E-state index contributed by atoms with van der Waals surface area (Å²) >= 11 is 0. The van der Waals surface area contributed by atoms with E-state index in [1.165, 1.54) is 6.33 Å². The van der Waals surface area contributed by atoms with Crippen LogP contribution in [0.4, 0.5) is 5.95 Å². The minimum absolute atomic E-state index is 0.0463. The van der Waals surface area contributed by atoms with E-state index in [2.05, 4.69) is 20.4 Å². The third kappa shape index (κ3) is 3.17. The third-order valence-corrected chi connectivity index (χ3v) is 6.04. The number of allylic oxidation sites excluding steroid dienone is 2. The van der Waals surface area contributed by atoms with Gasteiger partial charge in [0.05, 0.1) is 21.3 Å². The lowest BCUT2D eigenvalue weighted by Gasteiger charge is -2.35. The molecule has 0 unspecified atom stereocenters. The number of carbonyl (C=O) groups excluding carboxylic acids is 1. The number of ether oxygens (including phenoxy) is 3. The van der Waals surface area contributed by atoms with Crippen LogP contribution >= 0.6 is 0 Å². The van der Waals surface area contributed by atoms with Crippen molar-refractivity contribution >= 4 is 11.7 Å². The van der Waals surface area contributed by atoms with Crippen LogP contribution in [0.2, 0.25) is 0 Å². The van der Waals surface area contributed by atoms with E-state index in [-0.39, 0.29) is 17.7 Å². The summed E-state index contributed by atoms with van der Waals surface area (Å²) in [6, 6.07) is 7.31. The number of benzene rings is 1. The number of hydrogen-bond acceptors (Lipinski definition) is 8. The number of Topliss-reactive ketones (excluding diaryl/α,β-unsaturated/α-hetero) is 1. The van der Waals surface area contributed by atoms with Crippen LogP contribution in [0.25, 0.3) is 0 Å². The van der Waals surface area contributed by atoms with Crippen LogP contribution in [0, 0.1) is 0 Å². The number of carbonyl (C=O) groups is 1. The highest BCUT2D eigenvalue weighted by Crippen LogP contribution is 2.46. The van der Waals surface area contributed by atoms with Crippen molar-refractivity contribution in [2.24, 2.45) is 0 Å². The molecule has 2 atom stereocenters. The Morgan fingerprint density at radius 3 is 2.38 bits per heavy atom. The van der Waals surface area contributed by atoms with Gasteiger partial charge in [-0.1, -0.05) is 0 Å². The number of aromatic nitrogens is 4. The third-order valence-electron chi connectivity index (χ3n) is 6.04. The lowest BCUT2D eigenvalue weighted by molar-refractivity contribution is -0.116. The summed E-state index contributed by atoms with van der Waals surface area (Å²) in [7, 11) is 4.74. The monoisotopic (exact) mass is 433 g/mol. The zero-order valence-corrected chi connectivity index (χ0v) is 18.0. The van der Waals surface area contributed by atoms with Crippen LogP contribution in [0.15, 0.2) is 54.3 Å². The zero-order chi connectivity index (χ0) is 22.2. The van der Waals surface area contributed by atoms with Gasteiger partial charge >= 0.3 is 0 Å². The van der Waals surface area contributed by atoms with Gasteiger partial charge in [-0.15, -0.1) is 0 Å². The number of methoxy groups -OCH3 is 3. The van der Waals surface area contributed by atoms with E-state index in [0.717, 1.165) is 22.4 Å². The molecule has 2 aliphatic rings. The normalized spacial score (nSPS) is 19.7. The molecule has 9 heteroatoms. The number of nitrogens with one attached hydrogen (secondary N) is 1. The standard InChI is InChI=1S/C23H23N5O4/c1-30-18-10-15(11-19(31-2)22(18)32-3)14-8-16-20(17(29)9-14)21(13-4-6-24-7-5-13)28-23(27-16)25-12-26-28/h4-7,10-12,14,21H,8-9H2,1-3H3,(H,25,26,27)/t14-,21-/m1/s1. The number of pyridine rings is 1. The van der Waals surface area contributed by atoms with Crippen LogP contribution in [0.5, 0.6) is 17.2 Å². The molecular formula is C23H23N5O4. The Morgan fingerprint density at radius 2 is 1.72 bits per heavy atom. The minimum atomic E-state index is -0.333. The molecule has 0 fully saturated rings. The first-order chi connectivity index (χ1) is 15.6. The molecule has 32 heavy (non-hydrogen) atoms. The van der Waals surface area contributed by atoms with Crippen molar-refractivity contribution in [3.8, 4) is 17.2 Å². The topological polar surface area (TPSA) is 100 Å². The van der Waals surface area contributed by atoms with Gasteiger partial charge in [-0.2, -0.15) is 10.1 Å². The number of ketones is 1. The van der Waals surface area contributed by atoms with E-state index >= 15 is 0 Å². The molecule has 0 amide bonds. The molecule has 0 radical (unpaired) electrons. The summed E-state index contributed by atoms with van der Waals surface area (Å²) in [5.41, 5.74) is 3.48. The molecule has 0 saturated carbocycles. The SMILES string of the molecule is COc1cc([C@H]2CC(=O)C3=C(C2)Nc2ncnn2[C@@H]3c2ccncc2)cc(OC)c1OC. The van der Waals surface area contributed by atoms with Crippen molar-refractivity contribution in [2.75, 3.05) is 26.6 Å². The second kappa shape index (κ2) is 7.99. The summed E-state index contributed by atoms with van der Waals surface area (Å²) in [6.45, 7) is 0. The quantitative estimate of drug-likeness (QED) is 0.655. The van der Waals surface area contributed by atoms with Crippen molar-refractivity contribution in [3.63, 3.8) is 0 Å². The van der Waals surface area contributed by atoms with Crippen LogP contribution in [-0.2, 0) is 4.79 Å². The Labute approximate surface area is 185 Å². The first kappa shape index (κ1) is 20.0. The first-order valence-electron chi connectivity index (χ1n) is 10.3. The molecular weight excluding hydrogens is 410 g/mol. The van der Waals surface area contributed by atoms with Crippen molar-refractivity contribution < 1.29 is 19.0 Å². The second-order valence-corrected chi connectivity index (χ2v) is 7.72. The number of fused-ring (bicyclic) bond motifs is 1. The summed E-state index contributed by atoms with van der Waals surface area (Å²) in [5, 5.41) is 7.70. The molecule has 0 bridgehead atoms. The van der Waals surface area contributed by atoms with E-state index in [1.807, 2.05) is 24.3 Å². The van der Waals surface area contributed by atoms with Gasteiger partial charge in [0.1, 0.15) is 12.4 Å². The fraction of sp³-hybridized carbons (Fsp3) is 0.304. The van der Waals surface area contributed by atoms with E-state index in [4.69, 9.17) is 14.2 Å². The maximum Gasteiger partial charge on any atom is 0.226 e. The van der Waals surface area contributed by atoms with Gasteiger partial charge < -0.3 is 19.5 Å². The maximum absolute atomic E-state index is 13.5. The van der Waals surface area contributed by atoms with E-state index in [1.54, 1.807) is 38.4 Å². The van der Waals surface area contributed by atoms with Crippen molar-refractivity contribution in [2.45, 2.75) is 24.8 Å². The van der Waals surface area contributed by atoms with Gasteiger partial charge in [0, 0.05) is 30.1 Å². The van der Waals surface area contributed by atoms with E-state index in [9.17, 15) is 4.79 Å². The van der Waals surface area contributed by atoms with Gasteiger partial charge in [0.15, 0.2) is 17.3 Å². The second-order valence-electron chi connectivity index (χ2n) is 7.72. The Hall–Kier alpha value is -3.88. The summed E-state index contributed by atoms with van der Waals surface area (Å²) in [5.74, 6) is 2.31. The summed E-state index contributed by atoms with van der Waals surface area (Å²) in [4.78, 5) is 22.0. The first-order valence-corrected chi connectivity index (χ1v) is 10.3. The van der Waals surface area contributed by atoms with Crippen LogP contribution < -0.4 is 19.5 Å². The molecule has 1 N–H and O–H groups in total. The fourth-order valence-corrected chi connectivity index (χ4v) is 4.58. The zero-order valence-electron chi connectivity index (χ0n) is 18.0. The molecule has 9 nitrogen and oxygen atoms in total. The highest BCUT2D eigenvalue weighted by molar-refractivity contribution is 6.00. The molecule has 5 rings (SSSR count). The molecule has 164 valence electrons. The van der Waals surface area contributed by atoms with Crippen molar-refractivity contribution in [1.82, 2.24) is 19.7 Å². The molecule has 2 aromatic heterocycles. The Kier molecular flexibility index (Phi) is 5.01. The molecule has 1 aliphatic heterocycles. The molecule has 0 saturated heterocycles. The van der Waals surface area contributed by atoms with Gasteiger partial charge in [0.25, 0.3) is 0 Å². The molecule has 1 aromatic carbocycles. The van der Waals surface area contributed by atoms with Crippen molar-refractivity contribution in [1.29, 1.82) is 0 Å². The molecule has 0 spiro atoms. The van der Waals surface area contributed by atoms with Gasteiger partial charge in [0.2, 0.25) is 11.7 Å². The van der Waals surface area contributed by atoms with E-state index < -0.39 is 0 Å². The maximum atomic E-state index is 13.5. The number of anilines is 1. The molecule has 3 aromatic rings. The number of rotatable bonds is 5. The average Bonchev–Trinajstić information content (AvgIpc) is 3.30. The van der Waals surface area contributed by atoms with Crippen molar-refractivity contribution in [3.05, 3.63) is 65.4 Å². The highest BCUT2D eigenvalue weighted by Gasteiger charge is 2.39. The Morgan fingerprint density at radius 1 is 1.00 bits per heavy atom. The highest BCUT2D eigenvalue weighted by atomic mass is 16.5. The summed E-state index contributed by atoms with van der Waals surface area (Å²) in [6.07, 6.45) is 5.95. The Balaban J connectivity index is 1.57. The van der Waals surface area contributed by atoms with E-state index in [0.29, 0.717) is 36.0 Å². The van der Waals surface area contributed by atoms with Gasteiger partial charge in [-0.25, -0.2) is 4.68 Å². The lowest BCUT2D eigenvalue weighted by atomic mass is 9.78. The lowest BCUT2D eigenvalue weighted by Crippen LogP contribution is -2.33. The molecule has 3 heterocycles. The Bertz CT molecular complexity index is 1180. The van der Waals surface area contributed by atoms with Crippen LogP contribution in [-0.4, -0.2) is 46.9 Å². The largest absolute Gasteiger partial charge is 0.493 e. The number of nitrogens with zero attached hydrogens (tertiary/aromatic N) is 4. The van der Waals surface area contributed by atoms with Crippen LogP contribution in [0.1, 0.15) is 35.9 Å². The fourth-order valence-electron chi connectivity index (χ4n) is 4.58. The number of hydrogen-bond donors (Lipinski definition) is 1. The smallest absolute Gasteiger partial charge is 0.226 e. The van der Waals surface area contributed by atoms with Gasteiger partial charge in [-0.3, -0.25) is 9.78 Å². The molecule has 1 aliphatic carbocycles. The van der Waals surface area contributed by atoms with Gasteiger partial charge in [-0.05, 0) is 47.7 Å². The predicted molar refractivity (Wildman–Crippen MR) is 116 cm³/mol. The predicted octanol–water partition coefficient (Wildman–Crippen LogP) is 3.11. The van der Waals surface area contributed by atoms with Crippen LogP contribution in [0.3, 0.4) is 0 Å². The summed E-state index contributed by atoms with van der Waals surface area (Å²) < 4.78 is 18.2.